The van der Waals surface area contributed by atoms with Crippen molar-refractivity contribution < 1.29 is 4.79 Å². The van der Waals surface area contributed by atoms with Gasteiger partial charge in [0.05, 0.1) is 0 Å². The molecule has 0 aliphatic heterocycles. The maximum atomic E-state index is 12.2. The Morgan fingerprint density at radius 2 is 2.19 bits per heavy atom. The molecule has 2 fully saturated rings. The van der Waals surface area contributed by atoms with Gasteiger partial charge < -0.3 is 4.90 Å². The molecule has 1 aromatic rings. The Balaban J connectivity index is 1.57. The Labute approximate surface area is 100 Å². The van der Waals surface area contributed by atoms with E-state index in [4.69, 9.17) is 0 Å². The van der Waals surface area contributed by atoms with Crippen LogP contribution < -0.4 is 0 Å². The van der Waals surface area contributed by atoms with Crippen molar-refractivity contribution in [3.8, 4) is 0 Å². The quantitative estimate of drug-likeness (QED) is 0.789. The van der Waals surface area contributed by atoms with Crippen LogP contribution in [-0.2, 0) is 11.3 Å². The molecule has 2 saturated carbocycles. The van der Waals surface area contributed by atoms with E-state index in [-0.39, 0.29) is 0 Å². The summed E-state index contributed by atoms with van der Waals surface area (Å²) in [7, 11) is 1.93. The lowest BCUT2D eigenvalue weighted by Crippen LogP contribution is -2.31. The number of thiophene rings is 1. The van der Waals surface area contributed by atoms with Gasteiger partial charge in [0.25, 0.3) is 0 Å². The lowest BCUT2D eigenvalue weighted by molar-refractivity contribution is -0.134. The van der Waals surface area contributed by atoms with Crippen molar-refractivity contribution in [3.05, 3.63) is 22.4 Å². The van der Waals surface area contributed by atoms with Crippen molar-refractivity contribution in [1.82, 2.24) is 4.90 Å². The summed E-state index contributed by atoms with van der Waals surface area (Å²) in [5.41, 5.74) is 1.25. The van der Waals surface area contributed by atoms with Crippen molar-refractivity contribution in [2.24, 2.45) is 17.8 Å². The first-order valence-electron chi connectivity index (χ1n) is 6.00. The third-order valence-corrected chi connectivity index (χ3v) is 4.70. The summed E-state index contributed by atoms with van der Waals surface area (Å²) >= 11 is 1.70. The van der Waals surface area contributed by atoms with Crippen LogP contribution in [0.2, 0.25) is 0 Å². The second-order valence-corrected chi connectivity index (χ2v) is 6.03. The van der Waals surface area contributed by atoms with Crippen LogP contribution in [0.25, 0.3) is 0 Å². The summed E-state index contributed by atoms with van der Waals surface area (Å²) in [6.07, 6.45) is 3.69. The Morgan fingerprint density at radius 3 is 2.81 bits per heavy atom. The van der Waals surface area contributed by atoms with Gasteiger partial charge in [-0.05, 0) is 53.5 Å². The SMILES string of the molecule is CN(Cc1ccsc1)C(=O)C1CC2CC2C1. The minimum absolute atomic E-state index is 0.326. The molecule has 2 aliphatic carbocycles. The standard InChI is InChI=1S/C13H17NOS/c1-14(7-9-2-3-16-8-9)13(15)12-5-10-4-11(10)6-12/h2-3,8,10-12H,4-7H2,1H3. The monoisotopic (exact) mass is 235 g/mol. The Morgan fingerprint density at radius 1 is 1.44 bits per heavy atom. The zero-order valence-corrected chi connectivity index (χ0v) is 10.4. The van der Waals surface area contributed by atoms with Crippen LogP contribution in [0, 0.1) is 17.8 Å². The van der Waals surface area contributed by atoms with Crippen LogP contribution in [0.5, 0.6) is 0 Å². The topological polar surface area (TPSA) is 20.3 Å². The number of amides is 1. The molecule has 2 aliphatic rings. The molecule has 0 radical (unpaired) electrons. The van der Waals surface area contributed by atoms with Gasteiger partial charge in [-0.1, -0.05) is 0 Å². The minimum atomic E-state index is 0.326. The number of carbonyl (C=O) groups is 1. The van der Waals surface area contributed by atoms with E-state index in [0.717, 1.165) is 31.2 Å². The van der Waals surface area contributed by atoms with Gasteiger partial charge in [0.1, 0.15) is 0 Å². The van der Waals surface area contributed by atoms with Crippen molar-refractivity contribution in [2.45, 2.75) is 25.8 Å². The second kappa shape index (κ2) is 3.88. The molecule has 0 N–H and O–H groups in total. The van der Waals surface area contributed by atoms with Gasteiger partial charge in [-0.25, -0.2) is 0 Å². The highest BCUT2D eigenvalue weighted by atomic mass is 32.1. The highest BCUT2D eigenvalue weighted by Crippen LogP contribution is 2.54. The number of nitrogens with zero attached hydrogens (tertiary/aromatic N) is 1. The average molecular weight is 235 g/mol. The van der Waals surface area contributed by atoms with Crippen molar-refractivity contribution >= 4 is 17.2 Å². The van der Waals surface area contributed by atoms with E-state index in [0.29, 0.717) is 11.8 Å². The molecular formula is C13H17NOS. The fraction of sp³-hybridized carbons (Fsp3) is 0.615. The van der Waals surface area contributed by atoms with Crippen LogP contribution in [0.15, 0.2) is 16.8 Å². The minimum Gasteiger partial charge on any atom is -0.341 e. The first-order valence-corrected chi connectivity index (χ1v) is 6.94. The van der Waals surface area contributed by atoms with Gasteiger partial charge in [0.2, 0.25) is 5.91 Å². The van der Waals surface area contributed by atoms with Gasteiger partial charge in [-0.3, -0.25) is 4.79 Å². The lowest BCUT2D eigenvalue weighted by atomic mass is 10.0. The fourth-order valence-electron chi connectivity index (χ4n) is 2.96. The summed E-state index contributed by atoms with van der Waals surface area (Å²) in [6.45, 7) is 0.772. The summed E-state index contributed by atoms with van der Waals surface area (Å²) in [5.74, 6) is 2.47. The van der Waals surface area contributed by atoms with Crippen LogP contribution in [-0.4, -0.2) is 17.9 Å². The number of hydrogen-bond acceptors (Lipinski definition) is 2. The largest absolute Gasteiger partial charge is 0.341 e. The molecule has 1 heterocycles. The fourth-order valence-corrected chi connectivity index (χ4v) is 3.62. The lowest BCUT2D eigenvalue weighted by Gasteiger charge is -2.21. The molecule has 16 heavy (non-hydrogen) atoms. The van der Waals surface area contributed by atoms with Gasteiger partial charge in [-0.15, -0.1) is 0 Å². The molecule has 2 atom stereocenters. The van der Waals surface area contributed by atoms with Crippen molar-refractivity contribution in [3.63, 3.8) is 0 Å². The maximum absolute atomic E-state index is 12.2. The zero-order valence-electron chi connectivity index (χ0n) is 9.56. The summed E-state index contributed by atoms with van der Waals surface area (Å²) in [4.78, 5) is 14.1. The Kier molecular flexibility index (Phi) is 2.51. The zero-order chi connectivity index (χ0) is 11.1. The summed E-state index contributed by atoms with van der Waals surface area (Å²) < 4.78 is 0. The molecule has 2 unspecified atom stereocenters. The van der Waals surface area contributed by atoms with E-state index in [1.807, 2.05) is 11.9 Å². The van der Waals surface area contributed by atoms with Crippen LogP contribution >= 0.6 is 11.3 Å². The number of rotatable bonds is 3. The molecule has 3 heteroatoms. The van der Waals surface area contributed by atoms with E-state index in [1.54, 1.807) is 11.3 Å². The molecule has 1 amide bonds. The highest BCUT2D eigenvalue weighted by molar-refractivity contribution is 7.07. The molecule has 2 nitrogen and oxygen atoms in total. The smallest absolute Gasteiger partial charge is 0.225 e. The third-order valence-electron chi connectivity index (χ3n) is 3.97. The molecular weight excluding hydrogens is 218 g/mol. The number of fused-ring (bicyclic) bond motifs is 1. The van der Waals surface area contributed by atoms with Crippen molar-refractivity contribution in [1.29, 1.82) is 0 Å². The first kappa shape index (κ1) is 10.3. The van der Waals surface area contributed by atoms with E-state index in [2.05, 4.69) is 16.8 Å². The Hall–Kier alpha value is -0.830. The molecule has 0 saturated heterocycles. The summed E-state index contributed by atoms with van der Waals surface area (Å²) in [5, 5.41) is 4.19. The van der Waals surface area contributed by atoms with Gasteiger partial charge in [-0.2, -0.15) is 11.3 Å². The molecule has 3 rings (SSSR count). The summed E-state index contributed by atoms with van der Waals surface area (Å²) in [6, 6.07) is 2.10. The molecule has 86 valence electrons. The molecule has 0 spiro atoms. The molecule has 0 bridgehead atoms. The predicted octanol–water partition coefficient (Wildman–Crippen LogP) is 2.75. The van der Waals surface area contributed by atoms with Gasteiger partial charge in [0, 0.05) is 19.5 Å². The highest BCUT2D eigenvalue weighted by Gasteiger charge is 2.48. The van der Waals surface area contributed by atoms with Crippen molar-refractivity contribution in [2.75, 3.05) is 7.05 Å². The molecule has 1 aromatic heterocycles. The predicted molar refractivity (Wildman–Crippen MR) is 65.1 cm³/mol. The first-order chi connectivity index (χ1) is 7.74. The average Bonchev–Trinajstić information content (AvgIpc) is 2.72. The number of carbonyl (C=O) groups excluding carboxylic acids is 1. The van der Waals surface area contributed by atoms with Crippen LogP contribution in [0.3, 0.4) is 0 Å². The van der Waals surface area contributed by atoms with Crippen LogP contribution in [0.1, 0.15) is 24.8 Å². The molecule has 0 aromatic carbocycles. The van der Waals surface area contributed by atoms with Gasteiger partial charge >= 0.3 is 0 Å². The van der Waals surface area contributed by atoms with E-state index in [9.17, 15) is 4.79 Å². The van der Waals surface area contributed by atoms with E-state index in [1.165, 1.54) is 12.0 Å². The Bertz CT molecular complexity index is 377. The van der Waals surface area contributed by atoms with E-state index < -0.39 is 0 Å². The second-order valence-electron chi connectivity index (χ2n) is 5.25. The van der Waals surface area contributed by atoms with Gasteiger partial charge in [0.15, 0.2) is 0 Å². The normalized spacial score (nSPS) is 31.2. The van der Waals surface area contributed by atoms with Crippen LogP contribution in [0.4, 0.5) is 0 Å². The maximum Gasteiger partial charge on any atom is 0.225 e. The van der Waals surface area contributed by atoms with E-state index >= 15 is 0 Å². The number of hydrogen-bond donors (Lipinski definition) is 0. The third kappa shape index (κ3) is 1.88.